The number of halogens is 1. The van der Waals surface area contributed by atoms with E-state index < -0.39 is 0 Å². The first-order valence-electron chi connectivity index (χ1n) is 4.71. The van der Waals surface area contributed by atoms with Crippen molar-refractivity contribution in [1.29, 1.82) is 0 Å². The maximum Gasteiger partial charge on any atom is 0.138 e. The predicted octanol–water partition coefficient (Wildman–Crippen LogP) is 2.61. The molecule has 0 amide bonds. The molecule has 15 heavy (non-hydrogen) atoms. The predicted molar refractivity (Wildman–Crippen MR) is 62.4 cm³/mol. The summed E-state index contributed by atoms with van der Waals surface area (Å²) < 4.78 is 6.18. The molecule has 0 aliphatic carbocycles. The molecule has 0 aliphatic heterocycles. The van der Waals surface area contributed by atoms with Crippen LogP contribution in [0, 0.1) is 0 Å². The molecule has 1 heterocycles. The molecule has 78 valence electrons. The average molecular weight is 267 g/mol. The molecule has 0 atom stereocenters. The fraction of sp³-hybridized carbons (Fsp3) is 0.182. The van der Waals surface area contributed by atoms with Crippen LogP contribution in [0.3, 0.4) is 0 Å². The van der Waals surface area contributed by atoms with E-state index in [9.17, 15) is 0 Å². The van der Waals surface area contributed by atoms with E-state index in [1.807, 2.05) is 30.3 Å². The number of nitrogens with zero attached hydrogens (tertiary/aromatic N) is 1. The third-order valence-electron chi connectivity index (χ3n) is 2.07. The van der Waals surface area contributed by atoms with Gasteiger partial charge >= 0.3 is 0 Å². The van der Waals surface area contributed by atoms with Crippen molar-refractivity contribution in [3.8, 4) is 11.3 Å². The van der Waals surface area contributed by atoms with Gasteiger partial charge in [-0.05, 0) is 18.7 Å². The van der Waals surface area contributed by atoms with Gasteiger partial charge in [0, 0.05) is 22.5 Å². The Kier molecular flexibility index (Phi) is 3.18. The molecular formula is C11H11BrN2O. The van der Waals surface area contributed by atoms with Crippen molar-refractivity contribution in [1.82, 2.24) is 5.16 Å². The molecule has 0 unspecified atom stereocenters. The highest BCUT2D eigenvalue weighted by Gasteiger charge is 2.05. The van der Waals surface area contributed by atoms with E-state index in [4.69, 9.17) is 10.3 Å². The van der Waals surface area contributed by atoms with E-state index in [1.165, 1.54) is 0 Å². The third-order valence-corrected chi connectivity index (χ3v) is 2.56. The molecule has 3 nitrogen and oxygen atoms in total. The van der Waals surface area contributed by atoms with Crippen LogP contribution >= 0.6 is 15.9 Å². The van der Waals surface area contributed by atoms with Gasteiger partial charge in [0.2, 0.25) is 0 Å². The standard InChI is InChI=1S/C11H11BrN2O/c12-9-3-1-2-8(6-9)11-7-10(4-5-13)15-14-11/h1-3,6-7H,4-5,13H2. The Morgan fingerprint density at radius 1 is 1.33 bits per heavy atom. The molecule has 1 aromatic carbocycles. The van der Waals surface area contributed by atoms with Crippen LogP contribution in [0.4, 0.5) is 0 Å². The Hall–Kier alpha value is -1.13. The molecule has 0 radical (unpaired) electrons. The summed E-state index contributed by atoms with van der Waals surface area (Å²) in [6.07, 6.45) is 0.723. The van der Waals surface area contributed by atoms with Crippen LogP contribution in [0.5, 0.6) is 0 Å². The van der Waals surface area contributed by atoms with Crippen molar-refractivity contribution in [2.45, 2.75) is 6.42 Å². The fourth-order valence-electron chi connectivity index (χ4n) is 1.36. The zero-order valence-corrected chi connectivity index (χ0v) is 9.70. The Morgan fingerprint density at radius 2 is 2.20 bits per heavy atom. The summed E-state index contributed by atoms with van der Waals surface area (Å²) in [5.74, 6) is 0.826. The molecule has 1 aromatic heterocycles. The highest BCUT2D eigenvalue weighted by atomic mass is 79.9. The lowest BCUT2D eigenvalue weighted by molar-refractivity contribution is 0.386. The minimum atomic E-state index is 0.577. The molecule has 0 saturated heterocycles. The van der Waals surface area contributed by atoms with E-state index in [1.54, 1.807) is 0 Å². The second-order valence-corrected chi connectivity index (χ2v) is 4.14. The average Bonchev–Trinajstić information content (AvgIpc) is 2.67. The van der Waals surface area contributed by atoms with Gasteiger partial charge in [-0.25, -0.2) is 0 Å². The van der Waals surface area contributed by atoms with Gasteiger partial charge in [-0.2, -0.15) is 0 Å². The lowest BCUT2D eigenvalue weighted by Crippen LogP contribution is -2.01. The molecule has 0 aliphatic rings. The fourth-order valence-corrected chi connectivity index (χ4v) is 1.76. The minimum Gasteiger partial charge on any atom is -0.361 e. The molecule has 2 N–H and O–H groups in total. The first-order valence-corrected chi connectivity index (χ1v) is 5.50. The van der Waals surface area contributed by atoms with E-state index >= 15 is 0 Å². The molecule has 0 saturated carbocycles. The monoisotopic (exact) mass is 266 g/mol. The van der Waals surface area contributed by atoms with Crippen LogP contribution in [-0.4, -0.2) is 11.7 Å². The number of aromatic nitrogens is 1. The van der Waals surface area contributed by atoms with Gasteiger partial charge in [-0.3, -0.25) is 0 Å². The van der Waals surface area contributed by atoms with E-state index in [2.05, 4.69) is 21.1 Å². The number of hydrogen-bond donors (Lipinski definition) is 1. The van der Waals surface area contributed by atoms with Crippen LogP contribution in [0.15, 0.2) is 39.3 Å². The quantitative estimate of drug-likeness (QED) is 0.929. The summed E-state index contributed by atoms with van der Waals surface area (Å²) in [5.41, 5.74) is 7.32. The van der Waals surface area contributed by atoms with Crippen molar-refractivity contribution >= 4 is 15.9 Å². The summed E-state index contributed by atoms with van der Waals surface area (Å²) in [5, 5.41) is 3.99. The molecule has 0 bridgehead atoms. The van der Waals surface area contributed by atoms with Gasteiger partial charge < -0.3 is 10.3 Å². The van der Waals surface area contributed by atoms with Crippen LogP contribution in [0.25, 0.3) is 11.3 Å². The van der Waals surface area contributed by atoms with Gasteiger partial charge in [0.25, 0.3) is 0 Å². The Morgan fingerprint density at radius 3 is 2.93 bits per heavy atom. The van der Waals surface area contributed by atoms with Gasteiger partial charge in [-0.15, -0.1) is 0 Å². The Balaban J connectivity index is 2.29. The Labute approximate surface area is 96.4 Å². The number of benzene rings is 1. The maximum absolute atomic E-state index is 5.44. The molecule has 2 aromatic rings. The lowest BCUT2D eigenvalue weighted by Gasteiger charge is -1.94. The number of rotatable bonds is 3. The maximum atomic E-state index is 5.44. The number of hydrogen-bond acceptors (Lipinski definition) is 3. The van der Waals surface area contributed by atoms with Gasteiger partial charge in [-0.1, -0.05) is 33.2 Å². The molecule has 0 fully saturated rings. The van der Waals surface area contributed by atoms with E-state index in [0.29, 0.717) is 6.54 Å². The zero-order chi connectivity index (χ0) is 10.7. The van der Waals surface area contributed by atoms with E-state index in [-0.39, 0.29) is 0 Å². The molecular weight excluding hydrogens is 256 g/mol. The van der Waals surface area contributed by atoms with Gasteiger partial charge in [0.1, 0.15) is 11.5 Å². The summed E-state index contributed by atoms with van der Waals surface area (Å²) in [6.45, 7) is 0.577. The molecule has 2 rings (SSSR count). The second kappa shape index (κ2) is 4.59. The van der Waals surface area contributed by atoms with Gasteiger partial charge in [0.15, 0.2) is 0 Å². The molecule has 4 heteroatoms. The highest BCUT2D eigenvalue weighted by molar-refractivity contribution is 9.10. The first-order chi connectivity index (χ1) is 7.29. The second-order valence-electron chi connectivity index (χ2n) is 3.23. The summed E-state index contributed by atoms with van der Waals surface area (Å²) in [7, 11) is 0. The van der Waals surface area contributed by atoms with Crippen molar-refractivity contribution in [3.63, 3.8) is 0 Å². The smallest absolute Gasteiger partial charge is 0.138 e. The Bertz CT molecular complexity index is 453. The number of nitrogens with two attached hydrogens (primary N) is 1. The largest absolute Gasteiger partial charge is 0.361 e. The normalized spacial score (nSPS) is 10.5. The summed E-state index contributed by atoms with van der Waals surface area (Å²) in [6, 6.07) is 9.87. The van der Waals surface area contributed by atoms with Crippen molar-refractivity contribution in [2.75, 3.05) is 6.54 Å². The van der Waals surface area contributed by atoms with Crippen LogP contribution < -0.4 is 5.73 Å². The SMILES string of the molecule is NCCc1cc(-c2cccc(Br)c2)no1. The van der Waals surface area contributed by atoms with Crippen LogP contribution in [0.2, 0.25) is 0 Å². The van der Waals surface area contributed by atoms with Crippen molar-refractivity contribution in [2.24, 2.45) is 5.73 Å². The zero-order valence-electron chi connectivity index (χ0n) is 8.11. The summed E-state index contributed by atoms with van der Waals surface area (Å²) >= 11 is 3.42. The van der Waals surface area contributed by atoms with Gasteiger partial charge in [0.05, 0.1) is 0 Å². The molecule has 0 spiro atoms. The highest BCUT2D eigenvalue weighted by Crippen LogP contribution is 2.22. The first kappa shape index (κ1) is 10.4. The van der Waals surface area contributed by atoms with Crippen LogP contribution in [0.1, 0.15) is 5.76 Å². The van der Waals surface area contributed by atoms with Crippen molar-refractivity contribution < 1.29 is 4.52 Å². The van der Waals surface area contributed by atoms with E-state index in [0.717, 1.165) is 27.9 Å². The topological polar surface area (TPSA) is 52.0 Å². The summed E-state index contributed by atoms with van der Waals surface area (Å²) in [4.78, 5) is 0. The van der Waals surface area contributed by atoms with Crippen LogP contribution in [-0.2, 0) is 6.42 Å². The third kappa shape index (κ3) is 2.46. The minimum absolute atomic E-state index is 0.577. The van der Waals surface area contributed by atoms with Crippen molar-refractivity contribution in [3.05, 3.63) is 40.6 Å². The lowest BCUT2D eigenvalue weighted by atomic mass is 10.1.